The Morgan fingerprint density at radius 3 is 2.39 bits per heavy atom. The van der Waals surface area contributed by atoms with E-state index in [-0.39, 0.29) is 23.6 Å². The van der Waals surface area contributed by atoms with Gasteiger partial charge in [0, 0.05) is 64.9 Å². The van der Waals surface area contributed by atoms with Crippen LogP contribution in [0.1, 0.15) is 84.6 Å². The molecule has 2 aromatic rings. The van der Waals surface area contributed by atoms with Gasteiger partial charge in [0.1, 0.15) is 0 Å². The molecule has 1 saturated heterocycles. The fraction of sp³-hybridized carbons (Fsp3) is 0.600. The maximum Gasteiger partial charge on any atom is 0.253 e. The second kappa shape index (κ2) is 12.2. The van der Waals surface area contributed by atoms with Crippen LogP contribution in [0.3, 0.4) is 0 Å². The van der Waals surface area contributed by atoms with Gasteiger partial charge in [-0.2, -0.15) is 0 Å². The third kappa shape index (κ3) is 6.44. The quantitative estimate of drug-likeness (QED) is 0.410. The molecule has 1 aliphatic heterocycles. The van der Waals surface area contributed by atoms with E-state index in [1.54, 1.807) is 6.07 Å². The second-order valence-electron chi connectivity index (χ2n) is 11.3. The van der Waals surface area contributed by atoms with Crippen LogP contribution in [-0.2, 0) is 11.3 Å². The predicted octanol–water partition coefficient (Wildman–Crippen LogP) is 5.50. The van der Waals surface area contributed by atoms with Gasteiger partial charge in [-0.15, -0.1) is 0 Å². The number of nitrogens with zero attached hydrogens (tertiary/aromatic N) is 1. The van der Waals surface area contributed by atoms with Crippen molar-refractivity contribution in [2.24, 2.45) is 0 Å². The summed E-state index contributed by atoms with van der Waals surface area (Å²) in [6.45, 7) is 9.84. The van der Waals surface area contributed by atoms with Crippen molar-refractivity contribution in [3.05, 3.63) is 61.5 Å². The fourth-order valence-electron chi connectivity index (χ4n) is 6.22. The summed E-state index contributed by atoms with van der Waals surface area (Å²) >= 11 is 6.52. The predicted molar refractivity (Wildman–Crippen MR) is 154 cm³/mol. The standard InChI is InChI=1S/C30H43ClN4O3/c1-6-30(11-7-23(8-12-30)35(5)24-9-13-38-14-10-24)34-27-17-22(31)16-25(21(27)4)28(36)32-18-26-19(2)15-20(3)33-29(26)37/h15-17,23-24,34H,6-14,18H2,1-5H3,(H,32,36)(H,33,37)/t23-,30-. The largest absolute Gasteiger partial charge is 0.381 e. The highest BCUT2D eigenvalue weighted by molar-refractivity contribution is 6.31. The summed E-state index contributed by atoms with van der Waals surface area (Å²) in [4.78, 5) is 31.0. The Balaban J connectivity index is 1.45. The third-order valence-electron chi connectivity index (χ3n) is 8.87. The Morgan fingerprint density at radius 1 is 1.11 bits per heavy atom. The van der Waals surface area contributed by atoms with Crippen LogP contribution < -0.4 is 16.2 Å². The van der Waals surface area contributed by atoms with Crippen LogP contribution in [0.25, 0.3) is 0 Å². The number of anilines is 1. The first-order chi connectivity index (χ1) is 18.1. The molecule has 38 heavy (non-hydrogen) atoms. The SMILES string of the molecule is CC[C@]1(Nc2cc(Cl)cc(C(=O)NCc3c(C)cc(C)[nH]c3=O)c2C)CC[C@H](N(C)C2CCOCC2)CC1. The number of halogens is 1. The summed E-state index contributed by atoms with van der Waals surface area (Å²) in [5, 5.41) is 7.28. The van der Waals surface area contributed by atoms with Gasteiger partial charge in [0.2, 0.25) is 0 Å². The zero-order chi connectivity index (χ0) is 27.4. The summed E-state index contributed by atoms with van der Waals surface area (Å²) in [6, 6.07) is 6.76. The van der Waals surface area contributed by atoms with Gasteiger partial charge in [0.25, 0.3) is 11.5 Å². The number of aromatic nitrogens is 1. The van der Waals surface area contributed by atoms with Crippen LogP contribution in [0.5, 0.6) is 0 Å². The van der Waals surface area contributed by atoms with Gasteiger partial charge in [-0.3, -0.25) is 9.59 Å². The molecule has 2 aliphatic rings. The summed E-state index contributed by atoms with van der Waals surface area (Å²) < 4.78 is 5.56. The van der Waals surface area contributed by atoms with Crippen LogP contribution in [0.2, 0.25) is 5.02 Å². The van der Waals surface area contributed by atoms with E-state index >= 15 is 0 Å². The monoisotopic (exact) mass is 542 g/mol. The lowest BCUT2D eigenvalue weighted by atomic mass is 9.76. The van der Waals surface area contributed by atoms with E-state index in [0.717, 1.165) is 80.7 Å². The molecule has 1 amide bonds. The van der Waals surface area contributed by atoms with Gasteiger partial charge >= 0.3 is 0 Å². The maximum atomic E-state index is 13.2. The molecule has 7 nitrogen and oxygen atoms in total. The number of pyridine rings is 1. The highest BCUT2D eigenvalue weighted by Gasteiger charge is 2.37. The van der Waals surface area contributed by atoms with Gasteiger partial charge < -0.3 is 25.3 Å². The van der Waals surface area contributed by atoms with Gasteiger partial charge in [0.05, 0.1) is 0 Å². The van der Waals surface area contributed by atoms with Crippen molar-refractivity contribution < 1.29 is 9.53 Å². The molecule has 208 valence electrons. The molecule has 1 aromatic heterocycles. The lowest BCUT2D eigenvalue weighted by Crippen LogP contribution is -2.49. The van der Waals surface area contributed by atoms with Crippen molar-refractivity contribution in [1.82, 2.24) is 15.2 Å². The number of amides is 1. The number of carbonyl (C=O) groups excluding carboxylic acids is 1. The van der Waals surface area contributed by atoms with Crippen LogP contribution in [0, 0.1) is 20.8 Å². The van der Waals surface area contributed by atoms with E-state index in [2.05, 4.69) is 34.5 Å². The maximum absolute atomic E-state index is 13.2. The Labute approximate surface area is 231 Å². The molecule has 3 N–H and O–H groups in total. The van der Waals surface area contributed by atoms with Crippen molar-refractivity contribution in [3.8, 4) is 0 Å². The van der Waals surface area contributed by atoms with Crippen LogP contribution in [0.15, 0.2) is 23.0 Å². The molecule has 0 radical (unpaired) electrons. The number of aryl methyl sites for hydroxylation is 2. The minimum absolute atomic E-state index is 0.0253. The minimum Gasteiger partial charge on any atom is -0.381 e. The van der Waals surface area contributed by atoms with E-state index < -0.39 is 0 Å². The normalized spacial score (nSPS) is 22.4. The third-order valence-corrected chi connectivity index (χ3v) is 9.09. The lowest BCUT2D eigenvalue weighted by molar-refractivity contribution is 0.0180. The number of aromatic amines is 1. The summed E-state index contributed by atoms with van der Waals surface area (Å²) in [5.41, 5.74) is 4.34. The topological polar surface area (TPSA) is 86.5 Å². The molecular weight excluding hydrogens is 500 g/mol. The molecule has 0 spiro atoms. The second-order valence-corrected chi connectivity index (χ2v) is 11.7. The molecule has 1 aromatic carbocycles. The molecule has 4 rings (SSSR count). The van der Waals surface area contributed by atoms with Crippen molar-refractivity contribution in [1.29, 1.82) is 0 Å². The van der Waals surface area contributed by atoms with Gasteiger partial charge in [-0.1, -0.05) is 18.5 Å². The summed E-state index contributed by atoms with van der Waals surface area (Å²) in [7, 11) is 2.28. The first-order valence-electron chi connectivity index (χ1n) is 14.0. The molecule has 2 fully saturated rings. The smallest absolute Gasteiger partial charge is 0.253 e. The van der Waals surface area contributed by atoms with Crippen LogP contribution in [-0.4, -0.2) is 53.7 Å². The van der Waals surface area contributed by atoms with Crippen LogP contribution in [0.4, 0.5) is 5.69 Å². The molecule has 0 atom stereocenters. The van der Waals surface area contributed by atoms with Crippen molar-refractivity contribution in [3.63, 3.8) is 0 Å². The first kappa shape index (κ1) is 28.7. The van der Waals surface area contributed by atoms with E-state index in [0.29, 0.717) is 28.2 Å². The minimum atomic E-state index is -0.236. The van der Waals surface area contributed by atoms with Crippen molar-refractivity contribution in [2.45, 2.75) is 96.8 Å². The highest BCUT2D eigenvalue weighted by atomic mass is 35.5. The Hall–Kier alpha value is -2.35. The number of nitrogens with one attached hydrogen (secondary N) is 3. The number of rotatable bonds is 8. The van der Waals surface area contributed by atoms with E-state index in [9.17, 15) is 9.59 Å². The molecule has 2 heterocycles. The molecule has 0 unspecified atom stereocenters. The number of ether oxygens (including phenoxy) is 1. The number of H-pyrrole nitrogens is 1. The molecule has 8 heteroatoms. The van der Waals surface area contributed by atoms with E-state index in [1.807, 2.05) is 32.9 Å². The molecule has 1 aliphatic carbocycles. The van der Waals surface area contributed by atoms with E-state index in [4.69, 9.17) is 16.3 Å². The van der Waals surface area contributed by atoms with Gasteiger partial charge in [-0.05, 0) is 102 Å². The first-order valence-corrected chi connectivity index (χ1v) is 14.4. The molecule has 1 saturated carbocycles. The average molecular weight is 543 g/mol. The summed E-state index contributed by atoms with van der Waals surface area (Å²) in [6.07, 6.45) is 7.68. The number of hydrogen-bond acceptors (Lipinski definition) is 5. The number of hydrogen-bond donors (Lipinski definition) is 3. The van der Waals surface area contributed by atoms with Crippen molar-refractivity contribution >= 4 is 23.2 Å². The highest BCUT2D eigenvalue weighted by Crippen LogP contribution is 2.38. The zero-order valence-electron chi connectivity index (χ0n) is 23.5. The van der Waals surface area contributed by atoms with Gasteiger partial charge in [0.15, 0.2) is 0 Å². The Morgan fingerprint density at radius 2 is 1.76 bits per heavy atom. The zero-order valence-corrected chi connectivity index (χ0v) is 24.3. The molecule has 0 bridgehead atoms. The van der Waals surface area contributed by atoms with E-state index in [1.165, 1.54) is 0 Å². The van der Waals surface area contributed by atoms with Crippen LogP contribution >= 0.6 is 11.6 Å². The number of benzene rings is 1. The number of carbonyl (C=O) groups is 1. The van der Waals surface area contributed by atoms with Gasteiger partial charge in [-0.25, -0.2) is 0 Å². The lowest BCUT2D eigenvalue weighted by Gasteiger charge is -2.46. The Bertz CT molecular complexity index is 1200. The molecular formula is C30H43ClN4O3. The average Bonchev–Trinajstić information content (AvgIpc) is 2.90. The fourth-order valence-corrected chi connectivity index (χ4v) is 6.43. The Kier molecular flexibility index (Phi) is 9.22. The summed E-state index contributed by atoms with van der Waals surface area (Å²) in [5.74, 6) is -0.236. The van der Waals surface area contributed by atoms with Crippen molar-refractivity contribution in [2.75, 3.05) is 25.6 Å².